The van der Waals surface area contributed by atoms with Gasteiger partial charge in [-0.05, 0) is 72.9 Å². The molecule has 1 amide bonds. The molecule has 8 nitrogen and oxygen atoms in total. The van der Waals surface area contributed by atoms with Gasteiger partial charge in [-0.3, -0.25) is 9.69 Å². The average Bonchev–Trinajstić information content (AvgIpc) is 3.38. The average molecular weight is 629 g/mol. The largest absolute Gasteiger partial charge is 0.461 e. The number of aromatic nitrogens is 2. The van der Waals surface area contributed by atoms with Crippen LogP contribution in [-0.2, 0) is 11.2 Å². The quantitative estimate of drug-likeness (QED) is 0.256. The number of fused-ring (bicyclic) bond motifs is 5. The van der Waals surface area contributed by atoms with E-state index in [1.54, 1.807) is 6.07 Å². The lowest BCUT2D eigenvalue weighted by Crippen LogP contribution is -2.56. The van der Waals surface area contributed by atoms with Crippen molar-refractivity contribution >= 4 is 22.6 Å². The van der Waals surface area contributed by atoms with Crippen molar-refractivity contribution in [3.8, 4) is 17.1 Å². The first-order chi connectivity index (χ1) is 22.2. The topological polar surface area (TPSA) is 66.2 Å². The van der Waals surface area contributed by atoms with E-state index in [2.05, 4.69) is 22.4 Å². The van der Waals surface area contributed by atoms with Crippen molar-refractivity contribution < 1.29 is 22.7 Å². The van der Waals surface area contributed by atoms with Crippen LogP contribution < -0.4 is 9.64 Å². The van der Waals surface area contributed by atoms with Crippen LogP contribution in [0.4, 0.5) is 19.0 Å². The van der Waals surface area contributed by atoms with Crippen molar-refractivity contribution in [2.75, 3.05) is 50.8 Å². The number of benzene rings is 2. The molecule has 3 saturated heterocycles. The number of piperazine rings is 1. The smallest absolute Gasteiger partial charge is 0.319 e. The number of amides is 1. The lowest BCUT2D eigenvalue weighted by atomic mass is 9.93. The Bertz CT molecular complexity index is 1810. The number of carbonyl (C=O) groups excluding carboxylic acids is 1. The molecule has 8 rings (SSSR count). The van der Waals surface area contributed by atoms with Gasteiger partial charge in [0.15, 0.2) is 5.83 Å². The van der Waals surface area contributed by atoms with Crippen molar-refractivity contribution in [3.63, 3.8) is 0 Å². The van der Waals surface area contributed by atoms with Crippen molar-refractivity contribution in [3.05, 3.63) is 71.1 Å². The van der Waals surface area contributed by atoms with Crippen LogP contribution >= 0.6 is 0 Å². The molecule has 46 heavy (non-hydrogen) atoms. The number of nitrogens with zero attached hydrogens (tertiary/aromatic N) is 6. The lowest BCUT2D eigenvalue weighted by molar-refractivity contribution is -0.131. The van der Waals surface area contributed by atoms with Gasteiger partial charge in [-0.15, -0.1) is 0 Å². The number of alkyl halides is 1. The summed E-state index contributed by atoms with van der Waals surface area (Å²) in [5.41, 5.74) is 3.96. The van der Waals surface area contributed by atoms with Gasteiger partial charge in [-0.25, -0.2) is 19.7 Å². The zero-order chi connectivity index (χ0) is 31.7. The molecule has 4 heterocycles. The molecule has 4 fully saturated rings. The maximum Gasteiger partial charge on any atom is 0.319 e. The Morgan fingerprint density at radius 2 is 2.04 bits per heavy atom. The minimum absolute atomic E-state index is 0.0374. The second kappa shape index (κ2) is 11.0. The van der Waals surface area contributed by atoms with Gasteiger partial charge in [0.2, 0.25) is 6.54 Å². The van der Waals surface area contributed by atoms with Gasteiger partial charge in [0.05, 0.1) is 11.1 Å². The van der Waals surface area contributed by atoms with E-state index in [-0.39, 0.29) is 44.6 Å². The highest BCUT2D eigenvalue weighted by Crippen LogP contribution is 2.58. The number of ether oxygens (including phenoxy) is 1. The molecule has 2 aliphatic carbocycles. The predicted molar refractivity (Wildman–Crippen MR) is 167 cm³/mol. The molecular weight excluding hydrogens is 593 g/mol. The number of carbonyl (C=O) groups is 1. The van der Waals surface area contributed by atoms with E-state index < -0.39 is 29.5 Å². The van der Waals surface area contributed by atoms with Gasteiger partial charge in [0.1, 0.15) is 30.5 Å². The summed E-state index contributed by atoms with van der Waals surface area (Å²) in [4.78, 5) is 31.0. The third kappa shape index (κ3) is 4.80. The summed E-state index contributed by atoms with van der Waals surface area (Å²) in [5, 5.41) is 0.477. The van der Waals surface area contributed by atoms with Gasteiger partial charge in [-0.1, -0.05) is 24.8 Å². The van der Waals surface area contributed by atoms with Crippen LogP contribution in [0.2, 0.25) is 0 Å². The van der Waals surface area contributed by atoms with Crippen molar-refractivity contribution in [2.45, 2.75) is 55.8 Å². The molecule has 2 unspecified atom stereocenters. The van der Waals surface area contributed by atoms with Crippen LogP contribution in [0.25, 0.3) is 26.9 Å². The molecule has 1 saturated carbocycles. The first-order valence-corrected chi connectivity index (χ1v) is 16.1. The summed E-state index contributed by atoms with van der Waals surface area (Å²) in [6.45, 7) is 12.6. The van der Waals surface area contributed by atoms with Crippen LogP contribution in [0.1, 0.15) is 42.7 Å². The fourth-order valence-electron chi connectivity index (χ4n) is 8.55. The van der Waals surface area contributed by atoms with Crippen LogP contribution in [0, 0.1) is 18.3 Å². The summed E-state index contributed by atoms with van der Waals surface area (Å²) < 4.78 is 50.8. The van der Waals surface area contributed by atoms with E-state index in [4.69, 9.17) is 21.3 Å². The number of halogens is 3. The van der Waals surface area contributed by atoms with Gasteiger partial charge in [-0.2, -0.15) is 9.97 Å². The summed E-state index contributed by atoms with van der Waals surface area (Å²) in [6.07, 6.45) is 3.45. The molecule has 3 aromatic rings. The molecule has 5 atom stereocenters. The summed E-state index contributed by atoms with van der Waals surface area (Å²) >= 11 is 0. The minimum atomic E-state index is -1.08. The Morgan fingerprint density at radius 3 is 2.87 bits per heavy atom. The summed E-state index contributed by atoms with van der Waals surface area (Å²) in [5.74, 6) is -0.663. The number of hydrogen-bond donors (Lipinski definition) is 0. The summed E-state index contributed by atoms with van der Waals surface area (Å²) in [7, 11) is 0. The van der Waals surface area contributed by atoms with Crippen molar-refractivity contribution in [2.24, 2.45) is 5.92 Å². The first-order valence-electron chi connectivity index (χ1n) is 16.1. The Balaban J connectivity index is 1.19. The van der Waals surface area contributed by atoms with Crippen molar-refractivity contribution in [1.29, 1.82) is 0 Å². The SMILES string of the molecule is [C-]#[N+]C[C@H]1CN(c2nc(OC[C@@]34CCCN3C[C@H](F)C4)nc3cc(-c4cccc5c4CC4CC54)c(F)cc23)CCN1C(=O)C(=C)F. The van der Waals surface area contributed by atoms with Gasteiger partial charge < -0.3 is 19.4 Å². The fourth-order valence-corrected chi connectivity index (χ4v) is 8.55. The van der Waals surface area contributed by atoms with Gasteiger partial charge >= 0.3 is 6.01 Å². The fraction of sp³-hybridized carbons (Fsp3) is 0.486. The Morgan fingerprint density at radius 1 is 1.17 bits per heavy atom. The monoisotopic (exact) mass is 628 g/mol. The standard InChI is InChI=1S/C35H35F3N6O2/c1-20(36)33(45)44-10-9-42(18-23(44)16-39-2)32-29-13-30(38)28(25-6-3-5-24-26-11-21(26)12-27(24)25)14-31(29)40-34(41-32)46-19-35-7-4-8-43(35)17-22(37)15-35/h3,5-6,13-14,21-23,26H,1,4,7-12,15-19H2/t21?,22-,23+,26?,35+/m1/s1. The molecule has 5 aliphatic rings. The molecule has 3 aliphatic heterocycles. The maximum absolute atomic E-state index is 16.1. The zero-order valence-electron chi connectivity index (χ0n) is 25.5. The molecular formula is C35H35F3N6O2. The van der Waals surface area contributed by atoms with E-state index in [0.717, 1.165) is 31.4 Å². The summed E-state index contributed by atoms with van der Waals surface area (Å²) in [6, 6.07) is 8.84. The normalized spacial score (nSPS) is 28.1. The van der Waals surface area contributed by atoms with Crippen molar-refractivity contribution in [1.82, 2.24) is 19.8 Å². The number of rotatable bonds is 7. The minimum Gasteiger partial charge on any atom is -0.461 e. The van der Waals surface area contributed by atoms with Crippen LogP contribution in [0.3, 0.4) is 0 Å². The molecule has 0 N–H and O–H groups in total. The molecule has 1 aromatic heterocycles. The van der Waals surface area contributed by atoms with Crippen LogP contribution in [0.5, 0.6) is 6.01 Å². The van der Waals surface area contributed by atoms with Gasteiger partial charge in [0, 0.05) is 43.5 Å². The highest BCUT2D eigenvalue weighted by molar-refractivity contribution is 5.94. The highest BCUT2D eigenvalue weighted by atomic mass is 19.1. The second-order valence-corrected chi connectivity index (χ2v) is 13.6. The third-order valence-electron chi connectivity index (χ3n) is 10.8. The third-order valence-corrected chi connectivity index (χ3v) is 10.8. The number of anilines is 1. The Kier molecular flexibility index (Phi) is 6.98. The Hall–Kier alpha value is -4.17. The number of hydrogen-bond acceptors (Lipinski definition) is 6. The van der Waals surface area contributed by atoms with Crippen LogP contribution in [0.15, 0.2) is 42.7 Å². The molecule has 0 radical (unpaired) electrons. The second-order valence-electron chi connectivity index (χ2n) is 13.6. The molecule has 2 aromatic carbocycles. The van der Waals surface area contributed by atoms with E-state index in [1.807, 2.05) is 17.0 Å². The lowest BCUT2D eigenvalue weighted by Gasteiger charge is -2.39. The van der Waals surface area contributed by atoms with E-state index >= 15 is 4.39 Å². The molecule has 11 heteroatoms. The molecule has 238 valence electrons. The maximum atomic E-state index is 16.1. The zero-order valence-corrected chi connectivity index (χ0v) is 25.5. The highest BCUT2D eigenvalue weighted by Gasteiger charge is 2.49. The Labute approximate surface area is 265 Å². The van der Waals surface area contributed by atoms with E-state index in [9.17, 15) is 13.6 Å². The van der Waals surface area contributed by atoms with Gasteiger partial charge in [0.25, 0.3) is 5.91 Å². The first kappa shape index (κ1) is 29.2. The molecule has 0 spiro atoms. The molecule has 0 bridgehead atoms. The van der Waals surface area contributed by atoms with E-state index in [0.29, 0.717) is 47.1 Å². The van der Waals surface area contributed by atoms with Crippen LogP contribution in [-0.4, -0.2) is 89.3 Å². The predicted octanol–water partition coefficient (Wildman–Crippen LogP) is 5.47. The van der Waals surface area contributed by atoms with E-state index in [1.165, 1.54) is 28.5 Å².